The van der Waals surface area contributed by atoms with Gasteiger partial charge < -0.3 is 25.0 Å². The molecule has 0 radical (unpaired) electrons. The quantitative estimate of drug-likeness (QED) is 0.0795. The fraction of sp³-hybridized carbons (Fsp3) is 0.250. The Morgan fingerprint density at radius 2 is 1.60 bits per heavy atom. The number of nitrogens with zero attached hydrogens (tertiary/aromatic N) is 2. The van der Waals surface area contributed by atoms with Crippen LogP contribution in [0.2, 0.25) is 0 Å². The maximum Gasteiger partial charge on any atom is 0.344 e. The monoisotopic (exact) mass is 769 g/mol. The zero-order valence-corrected chi connectivity index (χ0v) is 26.5. The number of amidine groups is 1. The van der Waals surface area contributed by atoms with Gasteiger partial charge in [-0.25, -0.2) is 9.78 Å². The number of amides is 2. The van der Waals surface area contributed by atoms with Crippen LogP contribution in [0.3, 0.4) is 0 Å². The van der Waals surface area contributed by atoms with Crippen LogP contribution in [0.1, 0.15) is 44.3 Å². The number of rotatable bonds is 11. The predicted octanol–water partition coefficient (Wildman–Crippen LogP) is 5.29. The van der Waals surface area contributed by atoms with Gasteiger partial charge in [-0.3, -0.25) is 15.0 Å². The minimum atomic E-state index is -0.580. The molecule has 1 aromatic heterocycles. The van der Waals surface area contributed by atoms with E-state index in [-0.39, 0.29) is 23.6 Å². The van der Waals surface area contributed by atoms with Crippen LogP contribution in [0.15, 0.2) is 54.7 Å². The van der Waals surface area contributed by atoms with Crippen LogP contribution in [0.25, 0.3) is 0 Å². The number of pyridine rings is 1. The maximum atomic E-state index is 13.5. The minimum Gasteiger partial charge on any atom is -0.480 e. The number of hydrogen-bond acceptors (Lipinski definition) is 7. The summed E-state index contributed by atoms with van der Waals surface area (Å²) in [6.07, 6.45) is 1.68. The third-order valence-corrected chi connectivity index (χ3v) is 7.30. The normalized spacial score (nSPS) is 10.4. The first-order chi connectivity index (χ1) is 19.2. The zero-order valence-electron chi connectivity index (χ0n) is 22.2. The van der Waals surface area contributed by atoms with Gasteiger partial charge >= 0.3 is 5.97 Å². The lowest BCUT2D eigenvalue weighted by Gasteiger charge is -2.18. The Morgan fingerprint density at radius 1 is 0.925 bits per heavy atom. The van der Waals surface area contributed by atoms with E-state index in [1.54, 1.807) is 74.6 Å². The molecule has 12 heteroatoms. The standard InChI is InChI=1S/C28H29I2N5O5/c1-4-39-24(36)16-40-22-12-18(14-30)11-21(28(38)33-23-10-5-17(13-29)15-32-23)25(22)34-27(37)20-8-6-19(7-9-20)26(31)35(2)3/h5-12,15,31H,4,13-14,16H2,1-3H3,(H,34,37)(H,32,33,38). The third-order valence-electron chi connectivity index (χ3n) is 5.54. The fourth-order valence-corrected chi connectivity index (χ4v) is 4.39. The molecule has 0 aliphatic rings. The smallest absolute Gasteiger partial charge is 0.344 e. The summed E-state index contributed by atoms with van der Waals surface area (Å²) in [5, 5.41) is 13.7. The molecule has 3 N–H and O–H groups in total. The van der Waals surface area contributed by atoms with Crippen LogP contribution in [-0.2, 0) is 18.4 Å². The first-order valence-electron chi connectivity index (χ1n) is 12.2. The van der Waals surface area contributed by atoms with Gasteiger partial charge in [-0.15, -0.1) is 0 Å². The summed E-state index contributed by atoms with van der Waals surface area (Å²) in [6.45, 7) is 1.48. The number of alkyl halides is 2. The van der Waals surface area contributed by atoms with Crippen molar-refractivity contribution in [3.63, 3.8) is 0 Å². The van der Waals surface area contributed by atoms with Crippen LogP contribution in [0.4, 0.5) is 11.5 Å². The van der Waals surface area contributed by atoms with Crippen molar-refractivity contribution in [1.82, 2.24) is 9.88 Å². The number of halogens is 2. The highest BCUT2D eigenvalue weighted by atomic mass is 127. The zero-order chi connectivity index (χ0) is 29.2. The number of ether oxygens (including phenoxy) is 2. The van der Waals surface area contributed by atoms with E-state index in [4.69, 9.17) is 14.9 Å². The highest BCUT2D eigenvalue weighted by Crippen LogP contribution is 2.33. The number of hydrogen-bond donors (Lipinski definition) is 3. The summed E-state index contributed by atoms with van der Waals surface area (Å²) in [7, 11) is 3.53. The summed E-state index contributed by atoms with van der Waals surface area (Å²) in [5.41, 5.74) is 2.98. The molecule has 2 amide bonds. The van der Waals surface area contributed by atoms with Crippen molar-refractivity contribution in [2.24, 2.45) is 0 Å². The van der Waals surface area contributed by atoms with Crippen molar-refractivity contribution in [3.05, 3.63) is 82.5 Å². The van der Waals surface area contributed by atoms with Crippen molar-refractivity contribution in [2.75, 3.05) is 37.9 Å². The van der Waals surface area contributed by atoms with E-state index in [0.29, 0.717) is 27.2 Å². The molecule has 2 aromatic carbocycles. The van der Waals surface area contributed by atoms with Gasteiger partial charge in [0.15, 0.2) is 6.61 Å². The minimum absolute atomic E-state index is 0.106. The van der Waals surface area contributed by atoms with Crippen LogP contribution in [0, 0.1) is 5.41 Å². The van der Waals surface area contributed by atoms with Gasteiger partial charge in [-0.2, -0.15) is 0 Å². The summed E-state index contributed by atoms with van der Waals surface area (Å²) < 4.78 is 12.1. The Labute approximate surface area is 260 Å². The van der Waals surface area contributed by atoms with E-state index in [1.165, 1.54) is 0 Å². The number of nitrogens with one attached hydrogen (secondary N) is 3. The Hall–Kier alpha value is -3.27. The molecule has 1 heterocycles. The van der Waals surface area contributed by atoms with E-state index in [2.05, 4.69) is 60.8 Å². The maximum absolute atomic E-state index is 13.5. The second-order valence-corrected chi connectivity index (χ2v) is 10.2. The molecule has 0 saturated carbocycles. The summed E-state index contributed by atoms with van der Waals surface area (Å²) in [5.74, 6) is -0.778. The molecule has 0 unspecified atom stereocenters. The lowest BCUT2D eigenvalue weighted by atomic mass is 10.1. The van der Waals surface area contributed by atoms with Gasteiger partial charge in [-0.1, -0.05) is 63.4 Å². The first-order valence-corrected chi connectivity index (χ1v) is 15.2. The van der Waals surface area contributed by atoms with Crippen molar-refractivity contribution in [2.45, 2.75) is 15.8 Å². The van der Waals surface area contributed by atoms with Crippen LogP contribution >= 0.6 is 45.2 Å². The molecule has 210 valence electrons. The molecule has 3 rings (SSSR count). The second kappa shape index (κ2) is 14.9. The lowest BCUT2D eigenvalue weighted by Crippen LogP contribution is -2.22. The molecule has 0 spiro atoms. The number of benzene rings is 2. The Balaban J connectivity index is 1.98. The molecule has 0 bridgehead atoms. The molecule has 0 saturated heterocycles. The molecule has 3 aromatic rings. The number of carbonyl (C=O) groups is 3. The summed E-state index contributed by atoms with van der Waals surface area (Å²) >= 11 is 4.38. The molecule has 0 aliphatic carbocycles. The second-order valence-electron chi connectivity index (χ2n) is 8.66. The Kier molecular flexibility index (Phi) is 11.7. The summed E-state index contributed by atoms with van der Waals surface area (Å²) in [6, 6.07) is 13.5. The van der Waals surface area contributed by atoms with Crippen LogP contribution < -0.4 is 15.4 Å². The van der Waals surface area contributed by atoms with Crippen LogP contribution in [0.5, 0.6) is 5.75 Å². The largest absolute Gasteiger partial charge is 0.480 e. The highest BCUT2D eigenvalue weighted by molar-refractivity contribution is 14.1. The van der Waals surface area contributed by atoms with Gasteiger partial charge in [0.2, 0.25) is 0 Å². The SMILES string of the molecule is CCOC(=O)COc1cc(CI)cc(C(=O)Nc2ccc(CI)cn2)c1NC(=O)c1ccc(C(=N)N(C)C)cc1. The molecule has 0 aliphatic heterocycles. The predicted molar refractivity (Wildman–Crippen MR) is 171 cm³/mol. The van der Waals surface area contributed by atoms with Gasteiger partial charge in [0.1, 0.15) is 17.4 Å². The fourth-order valence-electron chi connectivity index (χ4n) is 3.50. The van der Waals surface area contributed by atoms with E-state index < -0.39 is 24.4 Å². The number of anilines is 2. The number of carbonyl (C=O) groups excluding carboxylic acids is 3. The van der Waals surface area contributed by atoms with E-state index in [1.807, 2.05) is 6.07 Å². The number of esters is 1. The highest BCUT2D eigenvalue weighted by Gasteiger charge is 2.22. The lowest BCUT2D eigenvalue weighted by molar-refractivity contribution is -0.145. The van der Waals surface area contributed by atoms with E-state index >= 15 is 0 Å². The van der Waals surface area contributed by atoms with Gasteiger partial charge in [0, 0.05) is 40.3 Å². The summed E-state index contributed by atoms with van der Waals surface area (Å²) in [4.78, 5) is 44.8. The van der Waals surface area contributed by atoms with Gasteiger partial charge in [0.25, 0.3) is 11.8 Å². The number of aromatic nitrogens is 1. The van der Waals surface area contributed by atoms with Gasteiger partial charge in [0.05, 0.1) is 17.9 Å². The van der Waals surface area contributed by atoms with Crippen molar-refractivity contribution >= 4 is 80.3 Å². The van der Waals surface area contributed by atoms with Crippen molar-refractivity contribution < 1.29 is 23.9 Å². The average Bonchev–Trinajstić information content (AvgIpc) is 2.96. The first kappa shape index (κ1) is 31.3. The Morgan fingerprint density at radius 3 is 2.17 bits per heavy atom. The molecule has 40 heavy (non-hydrogen) atoms. The van der Waals surface area contributed by atoms with Crippen LogP contribution in [-0.4, -0.2) is 60.8 Å². The van der Waals surface area contributed by atoms with Crippen molar-refractivity contribution in [1.29, 1.82) is 5.41 Å². The Bertz CT molecular complexity index is 1380. The average molecular weight is 769 g/mol. The van der Waals surface area contributed by atoms with E-state index in [9.17, 15) is 14.4 Å². The molecule has 10 nitrogen and oxygen atoms in total. The molecular formula is C28H29I2N5O5. The van der Waals surface area contributed by atoms with Crippen molar-refractivity contribution in [3.8, 4) is 5.75 Å². The topological polar surface area (TPSA) is 134 Å². The third kappa shape index (κ3) is 8.36. The van der Waals surface area contributed by atoms with E-state index in [0.717, 1.165) is 15.6 Å². The molecule has 0 fully saturated rings. The molecular weight excluding hydrogens is 740 g/mol. The molecule has 0 atom stereocenters. The van der Waals surface area contributed by atoms with Gasteiger partial charge in [-0.05, 0) is 48.4 Å².